The van der Waals surface area contributed by atoms with Gasteiger partial charge in [-0.15, -0.1) is 0 Å². The predicted molar refractivity (Wildman–Crippen MR) is 87.0 cm³/mol. The maximum Gasteiger partial charge on any atom is 0.0302 e. The molecular formula is C19H31N. The van der Waals surface area contributed by atoms with Crippen molar-refractivity contribution in [1.82, 2.24) is 4.98 Å². The van der Waals surface area contributed by atoms with Gasteiger partial charge in [0.15, 0.2) is 0 Å². The average molecular weight is 273 g/mol. The van der Waals surface area contributed by atoms with E-state index in [-0.39, 0.29) is 0 Å². The second-order valence-corrected chi connectivity index (χ2v) is 7.28. The molecule has 1 aromatic rings. The van der Waals surface area contributed by atoms with Crippen LogP contribution < -0.4 is 0 Å². The number of hydrogen-bond acceptors (Lipinski definition) is 1. The third-order valence-corrected chi connectivity index (χ3v) is 4.94. The highest BCUT2D eigenvalue weighted by Gasteiger charge is 2.37. The molecule has 0 amide bonds. The lowest BCUT2D eigenvalue weighted by atomic mass is 9.62. The van der Waals surface area contributed by atoms with E-state index in [2.05, 4.69) is 44.9 Å². The topological polar surface area (TPSA) is 12.9 Å². The van der Waals surface area contributed by atoms with Crippen LogP contribution in [0.4, 0.5) is 0 Å². The van der Waals surface area contributed by atoms with Gasteiger partial charge >= 0.3 is 0 Å². The van der Waals surface area contributed by atoms with E-state index in [0.717, 1.165) is 11.8 Å². The molecule has 0 bridgehead atoms. The van der Waals surface area contributed by atoms with E-state index in [1.165, 1.54) is 50.5 Å². The van der Waals surface area contributed by atoms with Gasteiger partial charge in [0, 0.05) is 12.4 Å². The van der Waals surface area contributed by atoms with E-state index in [1.54, 1.807) is 5.56 Å². The normalized spacial score (nSPS) is 20.9. The first-order valence-corrected chi connectivity index (χ1v) is 8.53. The van der Waals surface area contributed by atoms with Crippen molar-refractivity contribution in [2.75, 3.05) is 0 Å². The van der Waals surface area contributed by atoms with Gasteiger partial charge in [-0.1, -0.05) is 40.5 Å². The predicted octanol–water partition coefficient (Wildman–Crippen LogP) is 5.74. The molecule has 0 N–H and O–H groups in total. The number of rotatable bonds is 6. The summed E-state index contributed by atoms with van der Waals surface area (Å²) in [4.78, 5) is 4.40. The third-order valence-electron chi connectivity index (χ3n) is 4.94. The smallest absolute Gasteiger partial charge is 0.0302 e. The largest absolute Gasteiger partial charge is 0.264 e. The number of nitrogens with zero attached hydrogens (tertiary/aromatic N) is 1. The van der Waals surface area contributed by atoms with Crippen LogP contribution in [0.25, 0.3) is 0 Å². The second-order valence-electron chi connectivity index (χ2n) is 7.28. The van der Waals surface area contributed by atoms with Crippen LogP contribution in [-0.4, -0.2) is 4.98 Å². The first-order valence-electron chi connectivity index (χ1n) is 8.53. The lowest BCUT2D eigenvalue weighted by Gasteiger charge is -2.43. The van der Waals surface area contributed by atoms with E-state index in [9.17, 15) is 0 Å². The molecule has 0 saturated heterocycles. The van der Waals surface area contributed by atoms with Crippen LogP contribution >= 0.6 is 0 Å². The summed E-state index contributed by atoms with van der Waals surface area (Å²) in [6, 6.07) is 2.28. The average Bonchev–Trinajstić information content (AvgIpc) is 2.38. The molecule has 1 nitrogen and oxygen atoms in total. The lowest BCUT2D eigenvalue weighted by molar-refractivity contribution is 0.171. The fraction of sp³-hybridized carbons (Fsp3) is 0.737. The number of hydrogen-bond donors (Lipinski definition) is 0. The van der Waals surface area contributed by atoms with Crippen molar-refractivity contribution in [2.45, 2.75) is 78.6 Å². The third kappa shape index (κ3) is 3.42. The molecule has 0 saturated carbocycles. The molecule has 0 radical (unpaired) electrons. The van der Waals surface area contributed by atoms with E-state index < -0.39 is 0 Å². The summed E-state index contributed by atoms with van der Waals surface area (Å²) < 4.78 is 0. The molecule has 1 unspecified atom stereocenters. The molecule has 20 heavy (non-hydrogen) atoms. The van der Waals surface area contributed by atoms with E-state index in [1.807, 2.05) is 6.20 Å². The Hall–Kier alpha value is -0.850. The molecule has 1 aliphatic rings. The van der Waals surface area contributed by atoms with Gasteiger partial charge < -0.3 is 0 Å². The fourth-order valence-corrected chi connectivity index (χ4v) is 4.44. The van der Waals surface area contributed by atoms with Gasteiger partial charge in [-0.3, -0.25) is 4.98 Å². The summed E-state index contributed by atoms with van der Waals surface area (Å²) in [5.74, 6) is 1.53. The van der Waals surface area contributed by atoms with Crippen LogP contribution in [0.1, 0.15) is 83.3 Å². The maximum absolute atomic E-state index is 4.40. The van der Waals surface area contributed by atoms with Crippen LogP contribution in [0.2, 0.25) is 0 Å². The van der Waals surface area contributed by atoms with Crippen LogP contribution in [0.5, 0.6) is 0 Å². The zero-order valence-electron chi connectivity index (χ0n) is 13.8. The van der Waals surface area contributed by atoms with Crippen LogP contribution in [0.15, 0.2) is 18.5 Å². The number of fused-ring (bicyclic) bond motifs is 1. The Bertz CT molecular complexity index is 416. The zero-order valence-corrected chi connectivity index (χ0v) is 13.8. The molecule has 1 heterocycles. The van der Waals surface area contributed by atoms with Crippen molar-refractivity contribution in [3.63, 3.8) is 0 Å². The quantitative estimate of drug-likeness (QED) is 0.643. The van der Waals surface area contributed by atoms with Crippen molar-refractivity contribution in [2.24, 2.45) is 11.3 Å². The monoisotopic (exact) mass is 273 g/mol. The Morgan fingerprint density at radius 1 is 1.25 bits per heavy atom. The molecule has 1 atom stereocenters. The van der Waals surface area contributed by atoms with Crippen molar-refractivity contribution in [1.29, 1.82) is 0 Å². The Balaban J connectivity index is 2.32. The van der Waals surface area contributed by atoms with Gasteiger partial charge in [0.05, 0.1) is 0 Å². The molecule has 2 rings (SSSR count). The highest BCUT2D eigenvalue weighted by Crippen LogP contribution is 2.49. The van der Waals surface area contributed by atoms with Gasteiger partial charge in [0.25, 0.3) is 0 Å². The standard InChI is InChI=1S/C19H31N/c1-5-8-19(9-6-2)12-16(11-15(3)4)18-7-10-20-14-17(18)13-19/h7,10,14-16H,5-6,8-9,11-13H2,1-4H3. The fourth-order valence-electron chi connectivity index (χ4n) is 4.44. The van der Waals surface area contributed by atoms with Crippen molar-refractivity contribution in [3.8, 4) is 0 Å². The summed E-state index contributed by atoms with van der Waals surface area (Å²) in [6.07, 6.45) is 13.5. The summed E-state index contributed by atoms with van der Waals surface area (Å²) in [5.41, 5.74) is 3.67. The van der Waals surface area contributed by atoms with Gasteiger partial charge in [-0.2, -0.15) is 0 Å². The van der Waals surface area contributed by atoms with Gasteiger partial charge in [-0.25, -0.2) is 0 Å². The maximum atomic E-state index is 4.40. The molecule has 0 aromatic carbocycles. The molecular weight excluding hydrogens is 242 g/mol. The van der Waals surface area contributed by atoms with Crippen LogP contribution in [0, 0.1) is 11.3 Å². The summed E-state index contributed by atoms with van der Waals surface area (Å²) >= 11 is 0. The molecule has 1 heteroatoms. The summed E-state index contributed by atoms with van der Waals surface area (Å²) in [7, 11) is 0. The molecule has 0 fully saturated rings. The first-order chi connectivity index (χ1) is 9.60. The SMILES string of the molecule is CCCC1(CCC)Cc2cnccc2C(CC(C)C)C1. The molecule has 112 valence electrons. The van der Waals surface area contributed by atoms with Crippen LogP contribution in [-0.2, 0) is 6.42 Å². The van der Waals surface area contributed by atoms with Gasteiger partial charge in [-0.05, 0) is 66.5 Å². The Labute approximate surface area is 125 Å². The minimum absolute atomic E-state index is 0.541. The highest BCUT2D eigenvalue weighted by molar-refractivity contribution is 5.32. The van der Waals surface area contributed by atoms with Crippen molar-refractivity contribution < 1.29 is 0 Å². The highest BCUT2D eigenvalue weighted by atomic mass is 14.6. The first kappa shape index (κ1) is 15.5. The van der Waals surface area contributed by atoms with E-state index >= 15 is 0 Å². The molecule has 0 aliphatic heterocycles. The minimum atomic E-state index is 0.541. The minimum Gasteiger partial charge on any atom is -0.264 e. The van der Waals surface area contributed by atoms with E-state index in [4.69, 9.17) is 0 Å². The Kier molecular flexibility index (Phi) is 5.23. The second kappa shape index (κ2) is 6.74. The van der Waals surface area contributed by atoms with Crippen molar-refractivity contribution in [3.05, 3.63) is 29.6 Å². The lowest BCUT2D eigenvalue weighted by Crippen LogP contribution is -2.32. The number of pyridine rings is 1. The Morgan fingerprint density at radius 3 is 2.55 bits per heavy atom. The molecule has 0 spiro atoms. The summed E-state index contributed by atoms with van der Waals surface area (Å²) in [5, 5.41) is 0. The van der Waals surface area contributed by atoms with Crippen molar-refractivity contribution >= 4 is 0 Å². The zero-order chi connectivity index (χ0) is 14.6. The summed E-state index contributed by atoms with van der Waals surface area (Å²) in [6.45, 7) is 9.40. The molecule has 1 aliphatic carbocycles. The van der Waals surface area contributed by atoms with Crippen LogP contribution in [0.3, 0.4) is 0 Å². The number of aromatic nitrogens is 1. The molecule has 1 aromatic heterocycles. The van der Waals surface area contributed by atoms with Gasteiger partial charge in [0.1, 0.15) is 0 Å². The van der Waals surface area contributed by atoms with E-state index in [0.29, 0.717) is 5.41 Å². The Morgan fingerprint density at radius 2 is 1.95 bits per heavy atom. The van der Waals surface area contributed by atoms with Gasteiger partial charge in [0.2, 0.25) is 0 Å².